The number of carbonyl (C=O) groups is 1. The lowest BCUT2D eigenvalue weighted by atomic mass is 10.1. The summed E-state index contributed by atoms with van der Waals surface area (Å²) >= 11 is 0. The number of hydrogen-bond donors (Lipinski definition) is 3. The summed E-state index contributed by atoms with van der Waals surface area (Å²) < 4.78 is 0. The van der Waals surface area contributed by atoms with Crippen LogP contribution in [0.3, 0.4) is 0 Å². The average Bonchev–Trinajstić information content (AvgIpc) is 2.85. The zero-order chi connectivity index (χ0) is 13.9. The maximum Gasteiger partial charge on any atom is 0.271 e. The number of anilines is 1. The first kappa shape index (κ1) is 12.2. The number of fused-ring (bicyclic) bond motifs is 1. The van der Waals surface area contributed by atoms with Gasteiger partial charge in [-0.3, -0.25) is 9.59 Å². The number of aromatic amines is 2. The van der Waals surface area contributed by atoms with Crippen LogP contribution in [0.25, 0.3) is 10.9 Å². The maximum absolute atomic E-state index is 12.0. The van der Waals surface area contributed by atoms with Crippen LogP contribution in [0.1, 0.15) is 5.56 Å². The predicted octanol–water partition coefficient (Wildman–Crippen LogP) is 2.04. The van der Waals surface area contributed by atoms with Gasteiger partial charge in [-0.05, 0) is 23.8 Å². The Labute approximate surface area is 114 Å². The number of amides is 1. The van der Waals surface area contributed by atoms with Crippen LogP contribution >= 0.6 is 0 Å². The smallest absolute Gasteiger partial charge is 0.271 e. The molecule has 3 N–H and O–H groups in total. The maximum atomic E-state index is 12.0. The zero-order valence-electron chi connectivity index (χ0n) is 10.6. The molecule has 0 saturated heterocycles. The predicted molar refractivity (Wildman–Crippen MR) is 77.7 cm³/mol. The molecule has 2 aromatic heterocycles. The van der Waals surface area contributed by atoms with Gasteiger partial charge >= 0.3 is 0 Å². The van der Waals surface area contributed by atoms with Gasteiger partial charge in [0, 0.05) is 23.3 Å². The van der Waals surface area contributed by atoms with E-state index in [4.69, 9.17) is 0 Å². The summed E-state index contributed by atoms with van der Waals surface area (Å²) in [7, 11) is 0. The second-order valence-corrected chi connectivity index (χ2v) is 4.50. The van der Waals surface area contributed by atoms with Crippen molar-refractivity contribution >= 4 is 22.5 Å². The summed E-state index contributed by atoms with van der Waals surface area (Å²) in [6, 6.07) is 11.0. The summed E-state index contributed by atoms with van der Waals surface area (Å²) in [4.78, 5) is 29.1. The minimum absolute atomic E-state index is 0.216. The lowest BCUT2D eigenvalue weighted by Crippen LogP contribution is -2.20. The Morgan fingerprint density at radius 2 is 1.95 bits per heavy atom. The van der Waals surface area contributed by atoms with Crippen molar-refractivity contribution in [2.45, 2.75) is 6.42 Å². The van der Waals surface area contributed by atoms with E-state index in [0.717, 1.165) is 16.5 Å². The Hall–Kier alpha value is -2.82. The van der Waals surface area contributed by atoms with Gasteiger partial charge in [-0.2, -0.15) is 0 Å². The molecule has 0 aliphatic rings. The molecule has 0 unspecified atom stereocenters. The molecule has 1 amide bonds. The molecule has 3 aromatic rings. The van der Waals surface area contributed by atoms with Gasteiger partial charge in [0.2, 0.25) is 5.91 Å². The van der Waals surface area contributed by atoms with Gasteiger partial charge in [0.05, 0.1) is 6.42 Å². The van der Waals surface area contributed by atoms with Crippen molar-refractivity contribution in [1.29, 1.82) is 0 Å². The fraction of sp³-hybridized carbons (Fsp3) is 0.0667. The van der Waals surface area contributed by atoms with E-state index in [2.05, 4.69) is 15.3 Å². The molecule has 3 rings (SSSR count). The summed E-state index contributed by atoms with van der Waals surface area (Å²) in [5, 5.41) is 3.63. The first-order valence-corrected chi connectivity index (χ1v) is 6.26. The minimum atomic E-state index is -0.306. The molecule has 20 heavy (non-hydrogen) atoms. The number of pyridine rings is 1. The molecule has 0 bridgehead atoms. The molecule has 2 heterocycles. The fourth-order valence-corrected chi connectivity index (χ4v) is 2.17. The highest BCUT2D eigenvalue weighted by atomic mass is 16.2. The van der Waals surface area contributed by atoms with Gasteiger partial charge in [-0.15, -0.1) is 0 Å². The Morgan fingerprint density at radius 3 is 2.80 bits per heavy atom. The highest BCUT2D eigenvalue weighted by molar-refractivity contribution is 5.95. The van der Waals surface area contributed by atoms with Crippen molar-refractivity contribution in [2.24, 2.45) is 0 Å². The van der Waals surface area contributed by atoms with Crippen molar-refractivity contribution in [2.75, 3.05) is 5.32 Å². The van der Waals surface area contributed by atoms with E-state index in [1.54, 1.807) is 12.1 Å². The summed E-state index contributed by atoms with van der Waals surface area (Å²) in [6.07, 6.45) is 3.56. The normalized spacial score (nSPS) is 10.6. The number of aromatic nitrogens is 2. The summed E-state index contributed by atoms with van der Waals surface area (Å²) in [5.41, 5.74) is 1.86. The molecular weight excluding hydrogens is 254 g/mol. The van der Waals surface area contributed by atoms with Crippen molar-refractivity contribution < 1.29 is 4.79 Å². The van der Waals surface area contributed by atoms with Crippen LogP contribution in [-0.4, -0.2) is 15.9 Å². The van der Waals surface area contributed by atoms with Gasteiger partial charge in [-0.25, -0.2) is 0 Å². The first-order chi connectivity index (χ1) is 9.74. The van der Waals surface area contributed by atoms with Crippen LogP contribution in [0, 0.1) is 0 Å². The molecule has 0 fully saturated rings. The molecular formula is C15H13N3O2. The van der Waals surface area contributed by atoms with Gasteiger partial charge in [0.25, 0.3) is 5.56 Å². The lowest BCUT2D eigenvalue weighted by Gasteiger charge is -2.03. The Bertz CT molecular complexity index is 817. The molecule has 5 nitrogen and oxygen atoms in total. The average molecular weight is 267 g/mol. The van der Waals surface area contributed by atoms with Gasteiger partial charge in [0.1, 0.15) is 5.69 Å². The molecule has 5 heteroatoms. The van der Waals surface area contributed by atoms with Gasteiger partial charge in [0.15, 0.2) is 0 Å². The standard InChI is InChI=1S/C15H13N3O2/c19-14(18-13-6-3-7-16-15(13)20)8-10-9-17-12-5-2-1-4-11(10)12/h1-7,9,17H,8H2,(H,16,20)(H,18,19). The highest BCUT2D eigenvalue weighted by Gasteiger charge is 2.09. The van der Waals surface area contributed by atoms with Crippen LogP contribution in [0.4, 0.5) is 5.69 Å². The third-order valence-electron chi connectivity index (χ3n) is 3.12. The Morgan fingerprint density at radius 1 is 1.10 bits per heavy atom. The number of nitrogens with one attached hydrogen (secondary N) is 3. The third-order valence-corrected chi connectivity index (χ3v) is 3.12. The highest BCUT2D eigenvalue weighted by Crippen LogP contribution is 2.18. The number of para-hydroxylation sites is 1. The van der Waals surface area contributed by atoms with Crippen LogP contribution in [0.15, 0.2) is 53.6 Å². The van der Waals surface area contributed by atoms with E-state index in [9.17, 15) is 9.59 Å². The van der Waals surface area contributed by atoms with Crippen LogP contribution in [-0.2, 0) is 11.2 Å². The number of carbonyl (C=O) groups excluding carboxylic acids is 1. The van der Waals surface area contributed by atoms with Crippen molar-refractivity contribution in [1.82, 2.24) is 9.97 Å². The van der Waals surface area contributed by atoms with E-state index in [1.165, 1.54) is 6.20 Å². The van der Waals surface area contributed by atoms with E-state index in [0.29, 0.717) is 0 Å². The van der Waals surface area contributed by atoms with Crippen molar-refractivity contribution in [3.8, 4) is 0 Å². The number of rotatable bonds is 3. The molecule has 0 spiro atoms. The van der Waals surface area contributed by atoms with E-state index < -0.39 is 0 Å². The quantitative estimate of drug-likeness (QED) is 0.679. The first-order valence-electron chi connectivity index (χ1n) is 6.26. The molecule has 0 aliphatic heterocycles. The second-order valence-electron chi connectivity index (χ2n) is 4.50. The number of hydrogen-bond acceptors (Lipinski definition) is 2. The van der Waals surface area contributed by atoms with Crippen LogP contribution in [0.2, 0.25) is 0 Å². The SMILES string of the molecule is O=C(Cc1c[nH]c2ccccc12)Nc1ccc[nH]c1=O. The second kappa shape index (κ2) is 5.05. The van der Waals surface area contributed by atoms with Crippen LogP contribution in [0.5, 0.6) is 0 Å². The largest absolute Gasteiger partial charge is 0.361 e. The van der Waals surface area contributed by atoms with Crippen LogP contribution < -0.4 is 10.9 Å². The van der Waals surface area contributed by atoms with Gasteiger partial charge in [-0.1, -0.05) is 18.2 Å². The van der Waals surface area contributed by atoms with Crippen molar-refractivity contribution in [3.05, 3.63) is 64.7 Å². The van der Waals surface area contributed by atoms with E-state index in [1.807, 2.05) is 30.5 Å². The molecule has 0 aliphatic carbocycles. The summed E-state index contributed by atoms with van der Waals surface area (Å²) in [5.74, 6) is -0.216. The topological polar surface area (TPSA) is 77.8 Å². The number of H-pyrrole nitrogens is 2. The van der Waals surface area contributed by atoms with E-state index in [-0.39, 0.29) is 23.6 Å². The number of benzene rings is 1. The fourth-order valence-electron chi connectivity index (χ4n) is 2.17. The minimum Gasteiger partial charge on any atom is -0.361 e. The molecule has 100 valence electrons. The van der Waals surface area contributed by atoms with Gasteiger partial charge < -0.3 is 15.3 Å². The van der Waals surface area contributed by atoms with Crippen molar-refractivity contribution in [3.63, 3.8) is 0 Å². The third kappa shape index (κ3) is 2.33. The summed E-state index contributed by atoms with van der Waals surface area (Å²) in [6.45, 7) is 0. The monoisotopic (exact) mass is 267 g/mol. The molecule has 0 atom stereocenters. The molecule has 0 radical (unpaired) electrons. The Balaban J connectivity index is 1.80. The Kier molecular flexibility index (Phi) is 3.09. The lowest BCUT2D eigenvalue weighted by molar-refractivity contribution is -0.115. The molecule has 1 aromatic carbocycles. The van der Waals surface area contributed by atoms with E-state index >= 15 is 0 Å². The molecule has 0 saturated carbocycles. The zero-order valence-corrected chi connectivity index (χ0v) is 10.6.